The van der Waals surface area contributed by atoms with Gasteiger partial charge in [-0.15, -0.1) is 0 Å². The molecule has 0 aliphatic rings. The summed E-state index contributed by atoms with van der Waals surface area (Å²) in [5.74, 6) is 0.886. The molecule has 0 bridgehead atoms. The first-order valence-electron chi connectivity index (χ1n) is 6.54. The van der Waals surface area contributed by atoms with E-state index in [1.807, 2.05) is 30.3 Å². The summed E-state index contributed by atoms with van der Waals surface area (Å²) in [5.41, 5.74) is 2.23. The largest absolute Gasteiger partial charge is 0.508 e. The van der Waals surface area contributed by atoms with E-state index in [-0.39, 0.29) is 11.8 Å². The standard InChI is InChI=1S/C16H19NO2S/c1-20(19)12-11-17-16(13-5-3-2-4-6-13)14-7-9-15(18)10-8-14/h2-10,16-18H,11-12H2,1H3. The van der Waals surface area contributed by atoms with E-state index in [1.54, 1.807) is 18.4 Å². The van der Waals surface area contributed by atoms with Gasteiger partial charge in [0, 0.05) is 29.4 Å². The highest BCUT2D eigenvalue weighted by Gasteiger charge is 2.13. The number of nitrogens with one attached hydrogen (secondary N) is 1. The lowest BCUT2D eigenvalue weighted by Gasteiger charge is -2.19. The van der Waals surface area contributed by atoms with E-state index in [0.29, 0.717) is 12.3 Å². The number of phenols is 1. The summed E-state index contributed by atoms with van der Waals surface area (Å²) < 4.78 is 11.2. The lowest BCUT2D eigenvalue weighted by atomic mass is 9.98. The summed E-state index contributed by atoms with van der Waals surface area (Å²) in [5, 5.41) is 12.8. The molecule has 0 aliphatic carbocycles. The van der Waals surface area contributed by atoms with Crippen LogP contribution < -0.4 is 5.32 Å². The van der Waals surface area contributed by atoms with Crippen LogP contribution in [0.5, 0.6) is 5.75 Å². The summed E-state index contributed by atoms with van der Waals surface area (Å²) in [6.07, 6.45) is 1.71. The normalized spacial score (nSPS) is 13.8. The van der Waals surface area contributed by atoms with Gasteiger partial charge in [0.1, 0.15) is 5.75 Å². The van der Waals surface area contributed by atoms with Gasteiger partial charge in [-0.25, -0.2) is 0 Å². The Kier molecular flexibility index (Phi) is 5.32. The van der Waals surface area contributed by atoms with Gasteiger partial charge in [-0.1, -0.05) is 42.5 Å². The van der Waals surface area contributed by atoms with Crippen molar-refractivity contribution in [2.75, 3.05) is 18.6 Å². The average molecular weight is 289 g/mol. The molecule has 2 aromatic carbocycles. The van der Waals surface area contributed by atoms with Crippen molar-refractivity contribution in [3.63, 3.8) is 0 Å². The fraction of sp³-hybridized carbons (Fsp3) is 0.250. The Morgan fingerprint density at radius 2 is 1.65 bits per heavy atom. The predicted octanol–water partition coefficient (Wildman–Crippen LogP) is 2.45. The molecule has 106 valence electrons. The third-order valence-electron chi connectivity index (χ3n) is 3.10. The van der Waals surface area contributed by atoms with Crippen LogP contribution in [0.4, 0.5) is 0 Å². The molecule has 0 saturated carbocycles. The third-order valence-corrected chi connectivity index (χ3v) is 3.88. The fourth-order valence-corrected chi connectivity index (χ4v) is 2.49. The van der Waals surface area contributed by atoms with E-state index in [9.17, 15) is 9.32 Å². The first-order chi connectivity index (χ1) is 9.66. The Labute approximate surface area is 122 Å². The maximum absolute atomic E-state index is 11.2. The molecule has 2 atom stereocenters. The quantitative estimate of drug-likeness (QED) is 0.859. The van der Waals surface area contributed by atoms with Crippen LogP contribution in [-0.2, 0) is 10.8 Å². The second-order valence-corrected chi connectivity index (χ2v) is 6.22. The molecule has 0 saturated heterocycles. The maximum Gasteiger partial charge on any atom is 0.115 e. The second-order valence-electron chi connectivity index (χ2n) is 4.67. The maximum atomic E-state index is 11.2. The zero-order chi connectivity index (χ0) is 14.4. The van der Waals surface area contributed by atoms with Crippen LogP contribution in [-0.4, -0.2) is 27.9 Å². The van der Waals surface area contributed by atoms with Crippen LogP contribution in [0.2, 0.25) is 0 Å². The van der Waals surface area contributed by atoms with Gasteiger partial charge in [0.15, 0.2) is 0 Å². The Morgan fingerprint density at radius 3 is 2.25 bits per heavy atom. The molecular formula is C16H19NO2S. The number of aromatic hydroxyl groups is 1. The Bertz CT molecular complexity index is 554. The molecule has 0 radical (unpaired) electrons. The Hall–Kier alpha value is -1.65. The minimum absolute atomic E-state index is 0.0420. The van der Waals surface area contributed by atoms with Gasteiger partial charge < -0.3 is 10.4 Å². The molecule has 0 aromatic heterocycles. The predicted molar refractivity (Wildman–Crippen MR) is 83.3 cm³/mol. The topological polar surface area (TPSA) is 49.3 Å². The van der Waals surface area contributed by atoms with E-state index in [1.165, 1.54) is 0 Å². The Balaban J connectivity index is 2.20. The van der Waals surface area contributed by atoms with Crippen molar-refractivity contribution in [1.82, 2.24) is 5.32 Å². The van der Waals surface area contributed by atoms with Gasteiger partial charge in [0.25, 0.3) is 0 Å². The smallest absolute Gasteiger partial charge is 0.115 e. The fourth-order valence-electron chi connectivity index (χ4n) is 2.09. The Morgan fingerprint density at radius 1 is 1.05 bits per heavy atom. The van der Waals surface area contributed by atoms with E-state index in [2.05, 4.69) is 17.4 Å². The molecule has 2 unspecified atom stereocenters. The van der Waals surface area contributed by atoms with Gasteiger partial charge in [-0.2, -0.15) is 0 Å². The van der Waals surface area contributed by atoms with E-state index in [0.717, 1.165) is 11.1 Å². The van der Waals surface area contributed by atoms with Crippen molar-refractivity contribution in [1.29, 1.82) is 0 Å². The van der Waals surface area contributed by atoms with Gasteiger partial charge in [-0.05, 0) is 23.3 Å². The number of phenolic OH excluding ortho intramolecular Hbond substituents is 1. The number of benzene rings is 2. The minimum atomic E-state index is -0.801. The molecule has 0 spiro atoms. The number of hydrogen-bond acceptors (Lipinski definition) is 3. The first-order valence-corrected chi connectivity index (χ1v) is 8.27. The summed E-state index contributed by atoms with van der Waals surface area (Å²) >= 11 is 0. The molecule has 0 fully saturated rings. The molecule has 2 N–H and O–H groups in total. The second kappa shape index (κ2) is 7.22. The SMILES string of the molecule is CS(=O)CCNC(c1ccccc1)c1ccc(O)cc1. The highest BCUT2D eigenvalue weighted by molar-refractivity contribution is 7.84. The average Bonchev–Trinajstić information content (AvgIpc) is 2.46. The minimum Gasteiger partial charge on any atom is -0.508 e. The van der Waals surface area contributed by atoms with Crippen LogP contribution in [0.15, 0.2) is 54.6 Å². The van der Waals surface area contributed by atoms with Gasteiger partial charge >= 0.3 is 0 Å². The lowest BCUT2D eigenvalue weighted by Crippen LogP contribution is -2.26. The number of rotatable bonds is 6. The van der Waals surface area contributed by atoms with Gasteiger partial charge in [0.2, 0.25) is 0 Å². The summed E-state index contributed by atoms with van der Waals surface area (Å²) in [7, 11) is -0.801. The van der Waals surface area contributed by atoms with Gasteiger partial charge in [-0.3, -0.25) is 4.21 Å². The molecular weight excluding hydrogens is 270 g/mol. The third kappa shape index (κ3) is 4.18. The van der Waals surface area contributed by atoms with Crippen molar-refractivity contribution in [2.45, 2.75) is 6.04 Å². The molecule has 0 heterocycles. The molecule has 2 aromatic rings. The van der Waals surface area contributed by atoms with Crippen molar-refractivity contribution in [3.8, 4) is 5.75 Å². The van der Waals surface area contributed by atoms with Crippen LogP contribution in [0.25, 0.3) is 0 Å². The van der Waals surface area contributed by atoms with Crippen LogP contribution in [0.3, 0.4) is 0 Å². The van der Waals surface area contributed by atoms with Crippen molar-refractivity contribution >= 4 is 10.8 Å². The van der Waals surface area contributed by atoms with Crippen LogP contribution in [0.1, 0.15) is 17.2 Å². The van der Waals surface area contributed by atoms with Crippen molar-refractivity contribution in [2.24, 2.45) is 0 Å². The zero-order valence-electron chi connectivity index (χ0n) is 11.5. The molecule has 2 rings (SSSR count). The van der Waals surface area contributed by atoms with Gasteiger partial charge in [0.05, 0.1) is 6.04 Å². The van der Waals surface area contributed by atoms with E-state index >= 15 is 0 Å². The zero-order valence-corrected chi connectivity index (χ0v) is 12.3. The highest BCUT2D eigenvalue weighted by atomic mass is 32.2. The summed E-state index contributed by atoms with van der Waals surface area (Å²) in [6, 6.07) is 17.3. The summed E-state index contributed by atoms with van der Waals surface area (Å²) in [4.78, 5) is 0. The lowest BCUT2D eigenvalue weighted by molar-refractivity contribution is 0.474. The van der Waals surface area contributed by atoms with E-state index < -0.39 is 10.8 Å². The van der Waals surface area contributed by atoms with Crippen LogP contribution in [0, 0.1) is 0 Å². The van der Waals surface area contributed by atoms with Crippen molar-refractivity contribution in [3.05, 3.63) is 65.7 Å². The van der Waals surface area contributed by atoms with E-state index in [4.69, 9.17) is 0 Å². The van der Waals surface area contributed by atoms with Crippen molar-refractivity contribution < 1.29 is 9.32 Å². The molecule has 0 amide bonds. The highest BCUT2D eigenvalue weighted by Crippen LogP contribution is 2.23. The molecule has 0 aliphatic heterocycles. The molecule has 20 heavy (non-hydrogen) atoms. The summed E-state index contributed by atoms with van der Waals surface area (Å²) in [6.45, 7) is 0.684. The molecule has 3 nitrogen and oxygen atoms in total. The van der Waals surface area contributed by atoms with Crippen LogP contribution >= 0.6 is 0 Å². The molecule has 4 heteroatoms. The monoisotopic (exact) mass is 289 g/mol. The number of hydrogen-bond donors (Lipinski definition) is 2. The first kappa shape index (κ1) is 14.8.